The van der Waals surface area contributed by atoms with Crippen molar-refractivity contribution in [3.8, 4) is 0 Å². The molecule has 0 fully saturated rings. The molecule has 24 heavy (non-hydrogen) atoms. The third-order valence-corrected chi connectivity index (χ3v) is 3.91. The van der Waals surface area contributed by atoms with Crippen molar-refractivity contribution in [1.29, 1.82) is 0 Å². The van der Waals surface area contributed by atoms with Gasteiger partial charge in [0, 0.05) is 5.75 Å². The fourth-order valence-corrected chi connectivity index (χ4v) is 2.66. The molecule has 2 rings (SSSR count). The van der Waals surface area contributed by atoms with Gasteiger partial charge in [0.05, 0.1) is 24.5 Å². The number of rotatable bonds is 7. The van der Waals surface area contributed by atoms with Crippen molar-refractivity contribution in [2.24, 2.45) is 0 Å². The van der Waals surface area contributed by atoms with Gasteiger partial charge < -0.3 is 14.5 Å². The summed E-state index contributed by atoms with van der Waals surface area (Å²) in [6.07, 6.45) is 1.33. The number of imidazole rings is 1. The summed E-state index contributed by atoms with van der Waals surface area (Å²) in [5.74, 6) is -0.0749. The maximum Gasteiger partial charge on any atom is 0.356 e. The van der Waals surface area contributed by atoms with Gasteiger partial charge in [0.2, 0.25) is 0 Å². The van der Waals surface area contributed by atoms with Crippen LogP contribution in [-0.4, -0.2) is 34.6 Å². The van der Waals surface area contributed by atoms with Crippen LogP contribution in [0.25, 0.3) is 0 Å². The Bertz CT molecular complexity index is 695. The second-order valence-corrected chi connectivity index (χ2v) is 6.23. The number of carbonyl (C=O) groups excluding carboxylic acids is 2. The Labute approximate surface area is 145 Å². The van der Waals surface area contributed by atoms with Crippen LogP contribution in [0.1, 0.15) is 47.2 Å². The molecule has 1 N–H and O–H groups in total. The second kappa shape index (κ2) is 8.54. The highest BCUT2D eigenvalue weighted by molar-refractivity contribution is 7.98. The molecule has 0 spiro atoms. The van der Waals surface area contributed by atoms with Gasteiger partial charge in [-0.25, -0.2) is 14.6 Å². The van der Waals surface area contributed by atoms with Crippen molar-refractivity contribution in [3.63, 3.8) is 0 Å². The van der Waals surface area contributed by atoms with Gasteiger partial charge in [-0.1, -0.05) is 23.9 Å². The lowest BCUT2D eigenvalue weighted by Crippen LogP contribution is -2.11. The van der Waals surface area contributed by atoms with E-state index in [1.165, 1.54) is 18.0 Å². The Morgan fingerprint density at radius 3 is 2.54 bits per heavy atom. The van der Waals surface area contributed by atoms with Crippen molar-refractivity contribution in [3.05, 3.63) is 47.3 Å². The lowest BCUT2D eigenvalue weighted by atomic mass is 10.1. The molecule has 2 aromatic rings. The molecule has 6 nitrogen and oxygen atoms in total. The first-order valence-corrected chi connectivity index (χ1v) is 8.63. The van der Waals surface area contributed by atoms with Crippen LogP contribution in [0.3, 0.4) is 0 Å². The first-order chi connectivity index (χ1) is 11.5. The summed E-state index contributed by atoms with van der Waals surface area (Å²) >= 11 is 1.46. The molecule has 0 radical (unpaired) electrons. The van der Waals surface area contributed by atoms with Crippen molar-refractivity contribution < 1.29 is 19.1 Å². The summed E-state index contributed by atoms with van der Waals surface area (Å²) in [5.41, 5.74) is 1.90. The van der Waals surface area contributed by atoms with E-state index in [4.69, 9.17) is 9.47 Å². The monoisotopic (exact) mass is 348 g/mol. The highest BCUT2D eigenvalue weighted by Crippen LogP contribution is 2.20. The molecule has 0 aliphatic rings. The summed E-state index contributed by atoms with van der Waals surface area (Å²) < 4.78 is 10.1. The maximum atomic E-state index is 11.8. The van der Waals surface area contributed by atoms with Gasteiger partial charge >= 0.3 is 11.9 Å². The van der Waals surface area contributed by atoms with E-state index in [9.17, 15) is 9.59 Å². The van der Waals surface area contributed by atoms with E-state index in [0.29, 0.717) is 28.8 Å². The van der Waals surface area contributed by atoms with Gasteiger partial charge in [0.1, 0.15) is 5.69 Å². The van der Waals surface area contributed by atoms with Gasteiger partial charge in [-0.15, -0.1) is 0 Å². The molecular weight excluding hydrogens is 328 g/mol. The number of aromatic nitrogens is 2. The van der Waals surface area contributed by atoms with E-state index in [1.807, 2.05) is 26.0 Å². The van der Waals surface area contributed by atoms with E-state index in [2.05, 4.69) is 9.97 Å². The van der Waals surface area contributed by atoms with Crippen LogP contribution < -0.4 is 0 Å². The zero-order chi connectivity index (χ0) is 17.5. The van der Waals surface area contributed by atoms with Gasteiger partial charge in [-0.3, -0.25) is 0 Å². The largest absolute Gasteiger partial charge is 0.461 e. The number of nitrogens with one attached hydrogen (secondary N) is 1. The zero-order valence-corrected chi connectivity index (χ0v) is 14.7. The number of benzene rings is 1. The maximum absolute atomic E-state index is 11.8. The van der Waals surface area contributed by atoms with Crippen molar-refractivity contribution in [2.75, 3.05) is 6.61 Å². The topological polar surface area (TPSA) is 81.3 Å². The van der Waals surface area contributed by atoms with Crippen LogP contribution in [0, 0.1) is 0 Å². The summed E-state index contributed by atoms with van der Waals surface area (Å²) in [4.78, 5) is 30.4. The van der Waals surface area contributed by atoms with E-state index in [0.717, 1.165) is 5.56 Å². The predicted molar refractivity (Wildman–Crippen MR) is 91.1 cm³/mol. The molecule has 0 amide bonds. The van der Waals surface area contributed by atoms with Crippen LogP contribution in [0.4, 0.5) is 0 Å². The predicted octanol–water partition coefficient (Wildman–Crippen LogP) is 3.44. The number of hydrogen-bond donors (Lipinski definition) is 1. The van der Waals surface area contributed by atoms with E-state index >= 15 is 0 Å². The second-order valence-electron chi connectivity index (χ2n) is 5.26. The van der Waals surface area contributed by atoms with Gasteiger partial charge in [-0.2, -0.15) is 0 Å². The minimum absolute atomic E-state index is 0.139. The number of aromatic amines is 1. The number of ether oxygens (including phenoxy) is 2. The molecule has 1 aromatic carbocycles. The Morgan fingerprint density at radius 1 is 1.21 bits per heavy atom. The summed E-state index contributed by atoms with van der Waals surface area (Å²) in [6, 6.07) is 7.23. The highest BCUT2D eigenvalue weighted by Gasteiger charge is 2.11. The van der Waals surface area contributed by atoms with Gasteiger partial charge in [-0.05, 0) is 38.5 Å². The normalized spacial score (nSPS) is 10.7. The summed E-state index contributed by atoms with van der Waals surface area (Å²) in [6.45, 7) is 5.71. The minimum Gasteiger partial charge on any atom is -0.461 e. The molecule has 0 aliphatic heterocycles. The molecule has 7 heteroatoms. The quantitative estimate of drug-likeness (QED) is 0.610. The smallest absolute Gasteiger partial charge is 0.356 e. The lowest BCUT2D eigenvalue weighted by Gasteiger charge is -2.08. The van der Waals surface area contributed by atoms with Gasteiger partial charge in [0.25, 0.3) is 0 Å². The van der Waals surface area contributed by atoms with Crippen molar-refractivity contribution in [2.45, 2.75) is 37.8 Å². The van der Waals surface area contributed by atoms with E-state index in [1.54, 1.807) is 19.1 Å². The Balaban J connectivity index is 1.90. The molecule has 1 heterocycles. The molecule has 0 atom stereocenters. The van der Waals surface area contributed by atoms with Crippen molar-refractivity contribution >= 4 is 23.7 Å². The van der Waals surface area contributed by atoms with Crippen LogP contribution >= 0.6 is 11.8 Å². The number of hydrogen-bond acceptors (Lipinski definition) is 6. The minimum atomic E-state index is -0.412. The SMILES string of the molecule is CCOC(=O)c1cnc(SCc2ccc(C(=O)OC(C)C)cc2)[nH]1. The Kier molecular flexibility index (Phi) is 6.43. The van der Waals surface area contributed by atoms with E-state index in [-0.39, 0.29) is 12.1 Å². The fraction of sp³-hybridized carbons (Fsp3) is 0.353. The average molecular weight is 348 g/mol. The van der Waals surface area contributed by atoms with Crippen LogP contribution in [0.15, 0.2) is 35.6 Å². The lowest BCUT2D eigenvalue weighted by molar-refractivity contribution is 0.0377. The number of H-pyrrole nitrogens is 1. The number of carbonyl (C=O) groups is 2. The highest BCUT2D eigenvalue weighted by atomic mass is 32.2. The van der Waals surface area contributed by atoms with Gasteiger partial charge in [0.15, 0.2) is 5.16 Å². The number of esters is 2. The van der Waals surface area contributed by atoms with Crippen LogP contribution in [0.2, 0.25) is 0 Å². The van der Waals surface area contributed by atoms with Crippen molar-refractivity contribution in [1.82, 2.24) is 9.97 Å². The summed E-state index contributed by atoms with van der Waals surface area (Å²) in [7, 11) is 0. The molecule has 0 saturated heterocycles. The molecule has 128 valence electrons. The number of nitrogens with zero attached hydrogens (tertiary/aromatic N) is 1. The number of thioether (sulfide) groups is 1. The molecule has 0 bridgehead atoms. The average Bonchev–Trinajstić information content (AvgIpc) is 3.02. The van der Waals surface area contributed by atoms with E-state index < -0.39 is 5.97 Å². The fourth-order valence-electron chi connectivity index (χ4n) is 1.86. The van der Waals surface area contributed by atoms with Crippen LogP contribution in [0.5, 0.6) is 0 Å². The standard InChI is InChI=1S/C17H20N2O4S/c1-4-22-16(21)14-9-18-17(19-14)24-10-12-5-7-13(8-6-12)15(20)23-11(2)3/h5-9,11H,4,10H2,1-3H3,(H,18,19). The molecule has 0 unspecified atom stereocenters. The first kappa shape index (κ1) is 18.1. The third-order valence-electron chi connectivity index (χ3n) is 2.96. The first-order valence-electron chi connectivity index (χ1n) is 7.64. The van der Waals surface area contributed by atoms with Crippen LogP contribution in [-0.2, 0) is 15.2 Å². The Morgan fingerprint density at radius 2 is 1.92 bits per heavy atom. The molecule has 0 aliphatic carbocycles. The zero-order valence-electron chi connectivity index (χ0n) is 13.9. The Hall–Kier alpha value is -2.28. The molecule has 0 saturated carbocycles. The summed E-state index contributed by atoms with van der Waals surface area (Å²) in [5, 5.41) is 0.640. The third kappa shape index (κ3) is 5.13. The molecular formula is C17H20N2O4S. The molecule has 1 aromatic heterocycles.